The number of aryl methyl sites for hydroxylation is 1. The van der Waals surface area contributed by atoms with Crippen molar-refractivity contribution in [3.63, 3.8) is 0 Å². The van der Waals surface area contributed by atoms with Crippen LogP contribution < -0.4 is 5.32 Å². The van der Waals surface area contributed by atoms with Crippen LogP contribution in [-0.4, -0.2) is 9.55 Å². The summed E-state index contributed by atoms with van der Waals surface area (Å²) < 4.78 is 1.98. The Bertz CT molecular complexity index is 720. The fraction of sp³-hybridized carbons (Fsp3) is 0.0625. The van der Waals surface area contributed by atoms with Crippen LogP contribution in [0.4, 0.5) is 11.6 Å². The molecule has 1 N–H and O–H groups in total. The number of hydrogen-bond donors (Lipinski definition) is 1. The van der Waals surface area contributed by atoms with E-state index in [1.165, 1.54) is 0 Å². The lowest BCUT2D eigenvalue weighted by Crippen LogP contribution is -2.01. The molecule has 1 heterocycles. The summed E-state index contributed by atoms with van der Waals surface area (Å²) in [5, 5.41) is 3.96. The number of imidazole rings is 1. The first-order valence-electron chi connectivity index (χ1n) is 6.36. The van der Waals surface area contributed by atoms with Crippen molar-refractivity contribution >= 4 is 23.2 Å². The first-order valence-corrected chi connectivity index (χ1v) is 6.74. The zero-order valence-corrected chi connectivity index (χ0v) is 11.8. The van der Waals surface area contributed by atoms with Crippen LogP contribution in [0.5, 0.6) is 0 Å². The second kappa shape index (κ2) is 5.39. The first-order chi connectivity index (χ1) is 9.74. The maximum Gasteiger partial charge on any atom is 0.212 e. The Labute approximate surface area is 122 Å². The van der Waals surface area contributed by atoms with E-state index in [1.807, 2.05) is 66.2 Å². The number of para-hydroxylation sites is 1. The minimum Gasteiger partial charge on any atom is -0.324 e. The highest BCUT2D eigenvalue weighted by Crippen LogP contribution is 2.26. The van der Waals surface area contributed by atoms with Gasteiger partial charge in [-0.3, -0.25) is 4.57 Å². The summed E-state index contributed by atoms with van der Waals surface area (Å²) in [5.74, 6) is 0.740. The minimum atomic E-state index is 0.679. The smallest absolute Gasteiger partial charge is 0.212 e. The molecule has 0 atom stereocenters. The van der Waals surface area contributed by atoms with E-state index in [2.05, 4.69) is 10.3 Å². The molecular formula is C16H14ClN3. The van der Waals surface area contributed by atoms with Gasteiger partial charge < -0.3 is 5.32 Å². The Morgan fingerprint density at radius 2 is 1.90 bits per heavy atom. The normalized spacial score (nSPS) is 10.5. The Balaban J connectivity index is 1.97. The third-order valence-corrected chi connectivity index (χ3v) is 3.37. The number of anilines is 2. The summed E-state index contributed by atoms with van der Waals surface area (Å²) in [6.45, 7) is 2.03. The summed E-state index contributed by atoms with van der Waals surface area (Å²) >= 11 is 6.21. The molecule has 100 valence electrons. The van der Waals surface area contributed by atoms with Crippen molar-refractivity contribution in [3.8, 4) is 5.69 Å². The van der Waals surface area contributed by atoms with Gasteiger partial charge >= 0.3 is 0 Å². The third kappa shape index (κ3) is 2.53. The van der Waals surface area contributed by atoms with E-state index in [0.717, 1.165) is 22.9 Å². The van der Waals surface area contributed by atoms with Crippen LogP contribution in [0.3, 0.4) is 0 Å². The van der Waals surface area contributed by atoms with Crippen LogP contribution in [0, 0.1) is 6.92 Å². The Hall–Kier alpha value is -2.26. The highest BCUT2D eigenvalue weighted by atomic mass is 35.5. The van der Waals surface area contributed by atoms with Crippen LogP contribution >= 0.6 is 11.6 Å². The van der Waals surface area contributed by atoms with Gasteiger partial charge in [-0.2, -0.15) is 0 Å². The van der Waals surface area contributed by atoms with Gasteiger partial charge in [0, 0.05) is 18.1 Å². The lowest BCUT2D eigenvalue weighted by molar-refractivity contribution is 1.06. The lowest BCUT2D eigenvalue weighted by atomic mass is 10.2. The molecule has 0 unspecified atom stereocenters. The van der Waals surface area contributed by atoms with Crippen molar-refractivity contribution in [2.45, 2.75) is 6.92 Å². The molecule has 0 aliphatic carbocycles. The molecule has 3 aromatic rings. The third-order valence-electron chi connectivity index (χ3n) is 3.04. The first kappa shape index (κ1) is 12.8. The molecule has 20 heavy (non-hydrogen) atoms. The van der Waals surface area contributed by atoms with Crippen molar-refractivity contribution in [3.05, 3.63) is 71.5 Å². The van der Waals surface area contributed by atoms with E-state index in [9.17, 15) is 0 Å². The van der Waals surface area contributed by atoms with Crippen molar-refractivity contribution in [2.24, 2.45) is 0 Å². The highest BCUT2D eigenvalue weighted by molar-refractivity contribution is 6.33. The monoisotopic (exact) mass is 283 g/mol. The molecule has 0 aliphatic heterocycles. The molecule has 1 aromatic heterocycles. The number of rotatable bonds is 3. The van der Waals surface area contributed by atoms with Gasteiger partial charge in [-0.15, -0.1) is 0 Å². The Morgan fingerprint density at radius 1 is 1.10 bits per heavy atom. The van der Waals surface area contributed by atoms with E-state index < -0.39 is 0 Å². The van der Waals surface area contributed by atoms with Gasteiger partial charge in [-0.25, -0.2) is 4.98 Å². The van der Waals surface area contributed by atoms with Crippen molar-refractivity contribution < 1.29 is 0 Å². The van der Waals surface area contributed by atoms with E-state index in [4.69, 9.17) is 11.6 Å². The minimum absolute atomic E-state index is 0.679. The summed E-state index contributed by atoms with van der Waals surface area (Å²) in [6.07, 6.45) is 3.68. The fourth-order valence-electron chi connectivity index (χ4n) is 2.05. The number of aromatic nitrogens is 2. The molecule has 0 saturated carbocycles. The number of nitrogens with zero attached hydrogens (tertiary/aromatic N) is 2. The molecule has 0 saturated heterocycles. The highest BCUT2D eigenvalue weighted by Gasteiger charge is 2.07. The predicted molar refractivity (Wildman–Crippen MR) is 83.0 cm³/mol. The standard InChI is InChI=1S/C16H14ClN3/c1-12-7-8-14(17)15(11-12)19-16-18-9-10-20(16)13-5-3-2-4-6-13/h2-11H,1H3,(H,18,19). The average molecular weight is 284 g/mol. The molecule has 0 spiro atoms. The van der Waals surface area contributed by atoms with Crippen LogP contribution in [0.15, 0.2) is 60.9 Å². The van der Waals surface area contributed by atoms with Crippen molar-refractivity contribution in [2.75, 3.05) is 5.32 Å². The Kier molecular flexibility index (Phi) is 3.44. The van der Waals surface area contributed by atoms with Gasteiger partial charge in [0.1, 0.15) is 0 Å². The second-order valence-electron chi connectivity index (χ2n) is 4.56. The molecule has 0 bridgehead atoms. The molecule has 0 radical (unpaired) electrons. The number of benzene rings is 2. The number of nitrogens with one attached hydrogen (secondary N) is 1. The van der Waals surface area contributed by atoms with Gasteiger partial charge in [-0.05, 0) is 36.8 Å². The van der Waals surface area contributed by atoms with Crippen molar-refractivity contribution in [1.82, 2.24) is 9.55 Å². The SMILES string of the molecule is Cc1ccc(Cl)c(Nc2nccn2-c2ccccc2)c1. The van der Waals surface area contributed by atoms with Gasteiger partial charge in [-0.1, -0.05) is 35.9 Å². The summed E-state index contributed by atoms with van der Waals surface area (Å²) in [6, 6.07) is 15.9. The van der Waals surface area contributed by atoms with Crippen LogP contribution in [-0.2, 0) is 0 Å². The molecule has 4 heteroatoms. The van der Waals surface area contributed by atoms with Crippen LogP contribution in [0.2, 0.25) is 5.02 Å². The van der Waals surface area contributed by atoms with E-state index in [-0.39, 0.29) is 0 Å². The fourth-order valence-corrected chi connectivity index (χ4v) is 2.21. The summed E-state index contributed by atoms with van der Waals surface area (Å²) in [7, 11) is 0. The van der Waals surface area contributed by atoms with Gasteiger partial charge in [0.15, 0.2) is 0 Å². The molecular weight excluding hydrogens is 270 g/mol. The number of halogens is 1. The topological polar surface area (TPSA) is 29.9 Å². The van der Waals surface area contributed by atoms with E-state index >= 15 is 0 Å². The summed E-state index contributed by atoms with van der Waals surface area (Å²) in [4.78, 5) is 4.35. The molecule has 3 rings (SSSR count). The van der Waals surface area contributed by atoms with Crippen LogP contribution in [0.1, 0.15) is 5.56 Å². The zero-order valence-electron chi connectivity index (χ0n) is 11.0. The maximum atomic E-state index is 6.21. The van der Waals surface area contributed by atoms with E-state index in [0.29, 0.717) is 5.02 Å². The van der Waals surface area contributed by atoms with Crippen LogP contribution in [0.25, 0.3) is 5.69 Å². The predicted octanol–water partition coefficient (Wildman–Crippen LogP) is 4.58. The molecule has 0 amide bonds. The molecule has 0 fully saturated rings. The lowest BCUT2D eigenvalue weighted by Gasteiger charge is -2.11. The molecule has 2 aromatic carbocycles. The average Bonchev–Trinajstić information content (AvgIpc) is 2.92. The largest absolute Gasteiger partial charge is 0.324 e. The second-order valence-corrected chi connectivity index (χ2v) is 4.97. The summed E-state index contributed by atoms with van der Waals surface area (Å²) in [5.41, 5.74) is 3.06. The Morgan fingerprint density at radius 3 is 2.70 bits per heavy atom. The van der Waals surface area contributed by atoms with Gasteiger partial charge in [0.2, 0.25) is 5.95 Å². The van der Waals surface area contributed by atoms with Crippen molar-refractivity contribution in [1.29, 1.82) is 0 Å². The van der Waals surface area contributed by atoms with E-state index in [1.54, 1.807) is 6.20 Å². The van der Waals surface area contributed by atoms with Gasteiger partial charge in [0.25, 0.3) is 0 Å². The quantitative estimate of drug-likeness (QED) is 0.762. The zero-order chi connectivity index (χ0) is 13.9. The van der Waals surface area contributed by atoms with Gasteiger partial charge in [0.05, 0.1) is 10.7 Å². The number of hydrogen-bond acceptors (Lipinski definition) is 2. The molecule has 0 aliphatic rings. The molecule has 3 nitrogen and oxygen atoms in total. The maximum absolute atomic E-state index is 6.21.